The van der Waals surface area contributed by atoms with Gasteiger partial charge < -0.3 is 9.64 Å². The van der Waals surface area contributed by atoms with Crippen LogP contribution >= 0.6 is 23.8 Å². The van der Waals surface area contributed by atoms with Crippen molar-refractivity contribution in [3.63, 3.8) is 0 Å². The number of methoxy groups -OCH3 is 1. The smallest absolute Gasteiger partial charge is 0.294 e. The summed E-state index contributed by atoms with van der Waals surface area (Å²) in [5, 5.41) is 16.2. The number of ether oxygens (including phenoxy) is 1. The molecule has 0 N–H and O–H groups in total. The lowest BCUT2D eigenvalue weighted by molar-refractivity contribution is -0.384. The lowest BCUT2D eigenvalue weighted by Crippen LogP contribution is -2.47. The van der Waals surface area contributed by atoms with Crippen LogP contribution in [0.2, 0.25) is 5.02 Å². The van der Waals surface area contributed by atoms with Crippen LogP contribution in [0.4, 0.5) is 11.4 Å². The second-order valence-electron chi connectivity index (χ2n) is 7.12. The Bertz CT molecular complexity index is 1140. The number of nitro groups is 1. The summed E-state index contributed by atoms with van der Waals surface area (Å²) in [4.78, 5) is 15.2. The van der Waals surface area contributed by atoms with Crippen LogP contribution < -0.4 is 9.64 Å². The largest absolute Gasteiger partial charge is 0.497 e. The van der Waals surface area contributed by atoms with Crippen molar-refractivity contribution in [3.8, 4) is 11.4 Å². The van der Waals surface area contributed by atoms with Gasteiger partial charge in [0.2, 0.25) is 4.77 Å². The maximum absolute atomic E-state index is 11.4. The molecule has 1 aliphatic rings. The van der Waals surface area contributed by atoms with Crippen LogP contribution in [0.1, 0.15) is 0 Å². The van der Waals surface area contributed by atoms with Gasteiger partial charge in [0.15, 0.2) is 0 Å². The molecule has 2 heterocycles. The molecule has 1 aliphatic heterocycles. The van der Waals surface area contributed by atoms with Gasteiger partial charge in [0, 0.05) is 43.0 Å². The highest BCUT2D eigenvalue weighted by atomic mass is 35.5. The van der Waals surface area contributed by atoms with Gasteiger partial charge >= 0.3 is 0 Å². The van der Waals surface area contributed by atoms with E-state index in [0.717, 1.165) is 24.5 Å². The van der Waals surface area contributed by atoms with Crippen molar-refractivity contribution < 1.29 is 9.66 Å². The van der Waals surface area contributed by atoms with Crippen molar-refractivity contribution in [2.45, 2.75) is 6.67 Å². The van der Waals surface area contributed by atoms with Crippen molar-refractivity contribution in [3.05, 3.63) is 68.7 Å². The molecule has 0 atom stereocenters. The second-order valence-corrected chi connectivity index (χ2v) is 7.92. The number of aromatic nitrogens is 3. The molecule has 1 fully saturated rings. The van der Waals surface area contributed by atoms with Gasteiger partial charge in [-0.3, -0.25) is 19.6 Å². The number of hydrogen-bond donors (Lipinski definition) is 0. The summed E-state index contributed by atoms with van der Waals surface area (Å²) in [5.74, 6) is 0.779. The monoisotopic (exact) mass is 460 g/mol. The molecule has 0 unspecified atom stereocenters. The van der Waals surface area contributed by atoms with Crippen molar-refractivity contribution in [1.82, 2.24) is 19.2 Å². The Labute approximate surface area is 189 Å². The molecule has 0 radical (unpaired) electrons. The van der Waals surface area contributed by atoms with Crippen LogP contribution in [0.5, 0.6) is 5.75 Å². The molecule has 2 aromatic carbocycles. The van der Waals surface area contributed by atoms with E-state index in [2.05, 4.69) is 10.00 Å². The molecule has 0 aliphatic carbocycles. The van der Waals surface area contributed by atoms with Crippen LogP contribution in [0.3, 0.4) is 0 Å². The molecule has 0 saturated carbocycles. The number of hydrogen-bond acceptors (Lipinski definition) is 7. The Morgan fingerprint density at radius 1 is 1.16 bits per heavy atom. The van der Waals surface area contributed by atoms with Gasteiger partial charge in [-0.15, -0.1) is 0 Å². The zero-order valence-electron chi connectivity index (χ0n) is 16.8. The van der Waals surface area contributed by atoms with Crippen LogP contribution in [-0.4, -0.2) is 57.5 Å². The lowest BCUT2D eigenvalue weighted by atomic mass is 10.2. The van der Waals surface area contributed by atoms with Gasteiger partial charge in [0.1, 0.15) is 17.8 Å². The fourth-order valence-corrected chi connectivity index (χ4v) is 4.01. The van der Waals surface area contributed by atoms with Crippen molar-refractivity contribution in [2.75, 3.05) is 38.2 Å². The van der Waals surface area contributed by atoms with Crippen LogP contribution in [-0.2, 0) is 6.67 Å². The number of nitrogens with zero attached hydrogens (tertiary/aromatic N) is 6. The molecular weight excluding hydrogens is 440 g/mol. The summed E-state index contributed by atoms with van der Waals surface area (Å²) in [6, 6.07) is 12.4. The average Bonchev–Trinajstić information content (AvgIpc) is 3.14. The van der Waals surface area contributed by atoms with E-state index in [4.69, 9.17) is 28.6 Å². The number of anilines is 1. The maximum atomic E-state index is 11.4. The first-order valence-electron chi connectivity index (χ1n) is 9.66. The molecular formula is C20H21ClN6O3S. The Balaban J connectivity index is 1.42. The van der Waals surface area contributed by atoms with Crippen molar-refractivity contribution >= 4 is 35.2 Å². The third-order valence-electron chi connectivity index (χ3n) is 5.27. The summed E-state index contributed by atoms with van der Waals surface area (Å²) in [6.45, 7) is 3.34. The van der Waals surface area contributed by atoms with E-state index in [-0.39, 0.29) is 5.69 Å². The second kappa shape index (κ2) is 9.04. The third-order valence-corrected chi connectivity index (χ3v) is 5.91. The van der Waals surface area contributed by atoms with E-state index >= 15 is 0 Å². The van der Waals surface area contributed by atoms with Crippen LogP contribution in [0.15, 0.2) is 48.8 Å². The molecule has 1 saturated heterocycles. The summed E-state index contributed by atoms with van der Waals surface area (Å²) < 4.78 is 9.42. The maximum Gasteiger partial charge on any atom is 0.294 e. The number of benzene rings is 2. The van der Waals surface area contributed by atoms with Gasteiger partial charge in [-0.25, -0.2) is 4.68 Å². The van der Waals surface area contributed by atoms with Gasteiger partial charge in [0.25, 0.3) is 5.69 Å². The first-order valence-corrected chi connectivity index (χ1v) is 10.4. The first-order chi connectivity index (χ1) is 15.0. The summed E-state index contributed by atoms with van der Waals surface area (Å²) in [6.07, 6.45) is 1.71. The Hall–Kier alpha value is -2.95. The molecule has 0 spiro atoms. The average molecular weight is 461 g/mol. The Morgan fingerprint density at radius 2 is 1.87 bits per heavy atom. The number of nitro benzene ring substituents is 1. The van der Waals surface area contributed by atoms with Crippen LogP contribution in [0.25, 0.3) is 5.69 Å². The summed E-state index contributed by atoms with van der Waals surface area (Å²) in [5.41, 5.74) is 1.53. The van der Waals surface area contributed by atoms with Crippen LogP contribution in [0, 0.1) is 14.9 Å². The zero-order chi connectivity index (χ0) is 22.0. The van der Waals surface area contributed by atoms with Gasteiger partial charge in [-0.2, -0.15) is 5.10 Å². The van der Waals surface area contributed by atoms with Crippen molar-refractivity contribution in [2.24, 2.45) is 0 Å². The highest BCUT2D eigenvalue weighted by Gasteiger charge is 2.24. The van der Waals surface area contributed by atoms with E-state index in [1.54, 1.807) is 30.3 Å². The van der Waals surface area contributed by atoms with E-state index in [1.807, 2.05) is 33.7 Å². The predicted molar refractivity (Wildman–Crippen MR) is 121 cm³/mol. The number of piperazine rings is 1. The molecule has 0 bridgehead atoms. The molecule has 9 nitrogen and oxygen atoms in total. The molecule has 3 aromatic rings. The molecule has 0 amide bonds. The molecule has 162 valence electrons. The summed E-state index contributed by atoms with van der Waals surface area (Å²) in [7, 11) is 1.63. The third kappa shape index (κ3) is 4.55. The molecule has 31 heavy (non-hydrogen) atoms. The Kier molecular flexibility index (Phi) is 6.21. The summed E-state index contributed by atoms with van der Waals surface area (Å²) >= 11 is 11.5. The fourth-order valence-electron chi connectivity index (χ4n) is 3.58. The minimum absolute atomic E-state index is 0.0291. The van der Waals surface area contributed by atoms with Crippen molar-refractivity contribution in [1.29, 1.82) is 0 Å². The fraction of sp³-hybridized carbons (Fsp3) is 0.300. The standard InChI is InChI=1S/C20H21ClN6O3S/c1-30-17-5-3-16(4-6-17)25-13-22-26(20(25)31)14-23-8-10-24(11-9-23)18-7-2-15(21)12-19(18)27(28)29/h2-7,12-13H,8-11,14H2,1H3. The molecule has 4 rings (SSSR count). The highest BCUT2D eigenvalue weighted by molar-refractivity contribution is 7.71. The van der Waals surface area contributed by atoms with Gasteiger partial charge in [0.05, 0.1) is 18.7 Å². The minimum Gasteiger partial charge on any atom is -0.497 e. The van der Waals surface area contributed by atoms with E-state index in [0.29, 0.717) is 35.2 Å². The normalized spacial score (nSPS) is 14.6. The SMILES string of the molecule is COc1ccc(-n2cnn(CN3CCN(c4ccc(Cl)cc4[N+](=O)[O-])CC3)c2=S)cc1. The minimum atomic E-state index is -0.390. The predicted octanol–water partition coefficient (Wildman–Crippen LogP) is 3.75. The van der Waals surface area contributed by atoms with E-state index in [9.17, 15) is 10.1 Å². The highest BCUT2D eigenvalue weighted by Crippen LogP contribution is 2.31. The quantitative estimate of drug-likeness (QED) is 0.314. The molecule has 1 aromatic heterocycles. The van der Waals surface area contributed by atoms with Gasteiger partial charge in [-0.05, 0) is 48.6 Å². The Morgan fingerprint density at radius 3 is 2.52 bits per heavy atom. The van der Waals surface area contributed by atoms with Gasteiger partial charge in [-0.1, -0.05) is 11.6 Å². The number of rotatable bonds is 6. The number of halogens is 1. The lowest BCUT2D eigenvalue weighted by Gasteiger charge is -2.35. The van der Waals surface area contributed by atoms with E-state index in [1.165, 1.54) is 6.07 Å². The van der Waals surface area contributed by atoms with E-state index < -0.39 is 4.92 Å². The first kappa shape index (κ1) is 21.3. The zero-order valence-corrected chi connectivity index (χ0v) is 18.4. The topological polar surface area (TPSA) is 81.6 Å². The molecule has 11 heteroatoms.